The first-order valence-corrected chi connectivity index (χ1v) is 6.24. The van der Waals surface area contributed by atoms with Gasteiger partial charge in [-0.05, 0) is 31.1 Å². The van der Waals surface area contributed by atoms with Crippen LogP contribution in [-0.2, 0) is 4.79 Å². The van der Waals surface area contributed by atoms with Gasteiger partial charge in [-0.2, -0.15) is 0 Å². The molecule has 0 bridgehead atoms. The van der Waals surface area contributed by atoms with Gasteiger partial charge in [0.25, 0.3) is 0 Å². The highest BCUT2D eigenvalue weighted by Gasteiger charge is 2.34. The SMILES string of the molecule is CCC(N)C(=O)N1CCC(CC)(CO)CC1. The van der Waals surface area contributed by atoms with Gasteiger partial charge in [0, 0.05) is 19.7 Å². The van der Waals surface area contributed by atoms with Gasteiger partial charge in [-0.3, -0.25) is 4.79 Å². The second kappa shape index (κ2) is 5.64. The number of rotatable bonds is 4. The fraction of sp³-hybridized carbons (Fsp3) is 0.917. The summed E-state index contributed by atoms with van der Waals surface area (Å²) in [6.45, 7) is 5.73. The molecule has 1 unspecified atom stereocenters. The fourth-order valence-electron chi connectivity index (χ4n) is 2.23. The maximum atomic E-state index is 11.9. The second-order valence-electron chi connectivity index (χ2n) is 4.85. The topological polar surface area (TPSA) is 66.6 Å². The normalized spacial score (nSPS) is 21.9. The molecule has 1 aliphatic rings. The summed E-state index contributed by atoms with van der Waals surface area (Å²) in [5.41, 5.74) is 5.77. The first-order valence-electron chi connectivity index (χ1n) is 6.24. The second-order valence-corrected chi connectivity index (χ2v) is 4.85. The Bertz CT molecular complexity index is 229. The zero-order valence-corrected chi connectivity index (χ0v) is 10.4. The molecule has 0 aromatic heterocycles. The van der Waals surface area contributed by atoms with Crippen molar-refractivity contribution in [3.8, 4) is 0 Å². The van der Waals surface area contributed by atoms with Crippen molar-refractivity contribution >= 4 is 5.91 Å². The molecule has 0 saturated carbocycles. The van der Waals surface area contributed by atoms with Crippen LogP contribution in [0.5, 0.6) is 0 Å². The molecule has 0 radical (unpaired) electrons. The van der Waals surface area contributed by atoms with Gasteiger partial charge >= 0.3 is 0 Å². The van der Waals surface area contributed by atoms with Gasteiger partial charge in [0.05, 0.1) is 6.04 Å². The monoisotopic (exact) mass is 228 g/mol. The minimum Gasteiger partial charge on any atom is -0.396 e. The average molecular weight is 228 g/mol. The molecule has 0 spiro atoms. The number of aliphatic hydroxyl groups excluding tert-OH is 1. The first kappa shape index (κ1) is 13.5. The lowest BCUT2D eigenvalue weighted by Crippen LogP contribution is -2.49. The van der Waals surface area contributed by atoms with Crippen LogP contribution in [0.1, 0.15) is 39.5 Å². The summed E-state index contributed by atoms with van der Waals surface area (Å²) >= 11 is 0. The van der Waals surface area contributed by atoms with Crippen LogP contribution >= 0.6 is 0 Å². The zero-order chi connectivity index (χ0) is 12.2. The molecule has 4 heteroatoms. The molecule has 1 rings (SSSR count). The van der Waals surface area contributed by atoms with Crippen LogP contribution in [0.4, 0.5) is 0 Å². The average Bonchev–Trinajstić information content (AvgIpc) is 2.37. The molecule has 94 valence electrons. The molecule has 16 heavy (non-hydrogen) atoms. The van der Waals surface area contributed by atoms with E-state index in [1.54, 1.807) is 0 Å². The number of likely N-dealkylation sites (tertiary alicyclic amines) is 1. The van der Waals surface area contributed by atoms with Crippen LogP contribution in [0.3, 0.4) is 0 Å². The van der Waals surface area contributed by atoms with Crippen molar-refractivity contribution in [2.24, 2.45) is 11.1 Å². The standard InChI is InChI=1S/C12H24N2O2/c1-3-10(13)11(16)14-7-5-12(4-2,9-15)6-8-14/h10,15H,3-9,13H2,1-2H3. The number of carbonyl (C=O) groups excluding carboxylic acids is 1. The molecule has 3 N–H and O–H groups in total. The summed E-state index contributed by atoms with van der Waals surface area (Å²) in [6, 6.07) is -0.358. The van der Waals surface area contributed by atoms with Gasteiger partial charge in [0.2, 0.25) is 5.91 Å². The van der Waals surface area contributed by atoms with Crippen LogP contribution in [0.2, 0.25) is 0 Å². The van der Waals surface area contributed by atoms with Crippen molar-refractivity contribution in [1.82, 2.24) is 4.90 Å². The van der Waals surface area contributed by atoms with Crippen LogP contribution in [-0.4, -0.2) is 41.7 Å². The largest absolute Gasteiger partial charge is 0.396 e. The maximum Gasteiger partial charge on any atom is 0.239 e. The first-order chi connectivity index (χ1) is 7.58. The lowest BCUT2D eigenvalue weighted by molar-refractivity contribution is -0.135. The van der Waals surface area contributed by atoms with E-state index in [-0.39, 0.29) is 24.0 Å². The molecule has 1 aliphatic heterocycles. The molecule has 0 aliphatic carbocycles. The Balaban J connectivity index is 2.51. The van der Waals surface area contributed by atoms with E-state index in [0.29, 0.717) is 6.42 Å². The lowest BCUT2D eigenvalue weighted by Gasteiger charge is -2.40. The number of nitrogens with two attached hydrogens (primary N) is 1. The predicted octanol–water partition coefficient (Wildman–Crippen LogP) is 0.735. The molecule has 1 fully saturated rings. The summed E-state index contributed by atoms with van der Waals surface area (Å²) in [7, 11) is 0. The van der Waals surface area contributed by atoms with E-state index < -0.39 is 0 Å². The van der Waals surface area contributed by atoms with E-state index in [2.05, 4.69) is 6.92 Å². The number of hydrogen-bond donors (Lipinski definition) is 2. The molecule has 0 aromatic rings. The maximum absolute atomic E-state index is 11.9. The van der Waals surface area contributed by atoms with E-state index in [9.17, 15) is 9.90 Å². The van der Waals surface area contributed by atoms with Crippen molar-refractivity contribution in [2.75, 3.05) is 19.7 Å². The minimum atomic E-state index is -0.358. The number of amides is 1. The van der Waals surface area contributed by atoms with Crippen LogP contribution in [0, 0.1) is 5.41 Å². The minimum absolute atomic E-state index is 0.0348. The molecule has 1 saturated heterocycles. The predicted molar refractivity (Wildman–Crippen MR) is 63.9 cm³/mol. The summed E-state index contributed by atoms with van der Waals surface area (Å²) in [4.78, 5) is 13.7. The third kappa shape index (κ3) is 2.74. The Hall–Kier alpha value is -0.610. The van der Waals surface area contributed by atoms with Gasteiger partial charge in [-0.25, -0.2) is 0 Å². The molecule has 1 amide bonds. The summed E-state index contributed by atoms with van der Waals surface area (Å²) < 4.78 is 0. The number of hydrogen-bond acceptors (Lipinski definition) is 3. The molecule has 4 nitrogen and oxygen atoms in total. The number of piperidine rings is 1. The van der Waals surface area contributed by atoms with Crippen molar-refractivity contribution < 1.29 is 9.90 Å². The fourth-order valence-corrected chi connectivity index (χ4v) is 2.23. The summed E-state index contributed by atoms with van der Waals surface area (Å²) in [6.07, 6.45) is 3.45. The van der Waals surface area contributed by atoms with Gasteiger partial charge < -0.3 is 15.7 Å². The van der Waals surface area contributed by atoms with Gasteiger partial charge in [-0.15, -0.1) is 0 Å². The van der Waals surface area contributed by atoms with Gasteiger partial charge in [-0.1, -0.05) is 13.8 Å². The van der Waals surface area contributed by atoms with Crippen molar-refractivity contribution in [3.05, 3.63) is 0 Å². The van der Waals surface area contributed by atoms with Crippen molar-refractivity contribution in [1.29, 1.82) is 0 Å². The third-order valence-corrected chi connectivity index (χ3v) is 3.98. The van der Waals surface area contributed by atoms with E-state index in [1.807, 2.05) is 11.8 Å². The van der Waals surface area contributed by atoms with Crippen LogP contribution in [0.25, 0.3) is 0 Å². The molecular formula is C12H24N2O2. The molecule has 1 heterocycles. The smallest absolute Gasteiger partial charge is 0.239 e. The van der Waals surface area contributed by atoms with E-state index >= 15 is 0 Å². The highest BCUT2D eigenvalue weighted by molar-refractivity contribution is 5.81. The van der Waals surface area contributed by atoms with E-state index in [1.165, 1.54) is 0 Å². The van der Waals surface area contributed by atoms with Crippen LogP contribution < -0.4 is 5.73 Å². The quantitative estimate of drug-likeness (QED) is 0.745. The highest BCUT2D eigenvalue weighted by atomic mass is 16.3. The van der Waals surface area contributed by atoms with E-state index in [0.717, 1.165) is 32.4 Å². The Morgan fingerprint density at radius 1 is 1.44 bits per heavy atom. The van der Waals surface area contributed by atoms with Crippen molar-refractivity contribution in [2.45, 2.75) is 45.6 Å². The Labute approximate surface area is 97.8 Å². The molecule has 0 aromatic carbocycles. The number of nitrogens with zero attached hydrogens (tertiary/aromatic N) is 1. The Morgan fingerprint density at radius 3 is 2.38 bits per heavy atom. The molecular weight excluding hydrogens is 204 g/mol. The van der Waals surface area contributed by atoms with Gasteiger partial charge in [0.1, 0.15) is 0 Å². The molecule has 1 atom stereocenters. The number of aliphatic hydroxyl groups is 1. The van der Waals surface area contributed by atoms with Crippen molar-refractivity contribution in [3.63, 3.8) is 0 Å². The zero-order valence-electron chi connectivity index (χ0n) is 10.4. The summed E-state index contributed by atoms with van der Waals surface area (Å²) in [5, 5.41) is 9.39. The van der Waals surface area contributed by atoms with E-state index in [4.69, 9.17) is 5.73 Å². The number of carbonyl (C=O) groups is 1. The summed E-state index contributed by atoms with van der Waals surface area (Å²) in [5.74, 6) is 0.0603. The Kier molecular flexibility index (Phi) is 4.74. The highest BCUT2D eigenvalue weighted by Crippen LogP contribution is 2.34. The Morgan fingerprint density at radius 2 is 2.00 bits per heavy atom. The van der Waals surface area contributed by atoms with Gasteiger partial charge in [0.15, 0.2) is 0 Å². The lowest BCUT2D eigenvalue weighted by atomic mass is 9.77. The third-order valence-electron chi connectivity index (χ3n) is 3.98. The van der Waals surface area contributed by atoms with Crippen LogP contribution in [0.15, 0.2) is 0 Å².